The van der Waals surface area contributed by atoms with Crippen LogP contribution in [0.3, 0.4) is 0 Å². The average molecular weight is 282 g/mol. The van der Waals surface area contributed by atoms with Crippen molar-refractivity contribution in [2.45, 2.75) is 24.8 Å². The maximum absolute atomic E-state index is 14.2. The van der Waals surface area contributed by atoms with Crippen LogP contribution in [-0.4, -0.2) is 19.1 Å². The van der Waals surface area contributed by atoms with Gasteiger partial charge in [-0.3, -0.25) is 0 Å². The maximum atomic E-state index is 14.2. The van der Waals surface area contributed by atoms with Crippen LogP contribution in [0.1, 0.15) is 24.3 Å². The van der Waals surface area contributed by atoms with Crippen molar-refractivity contribution in [2.75, 3.05) is 18.4 Å². The first-order chi connectivity index (χ1) is 10.3. The highest BCUT2D eigenvalue weighted by atomic mass is 19.1. The second-order valence-corrected chi connectivity index (χ2v) is 5.93. The van der Waals surface area contributed by atoms with Crippen LogP contribution in [0.15, 0.2) is 42.5 Å². The lowest BCUT2D eigenvalue weighted by Gasteiger charge is -2.18. The molecule has 2 aromatic carbocycles. The molecule has 0 saturated carbocycles. The van der Waals surface area contributed by atoms with Crippen LogP contribution in [0.4, 0.5) is 10.1 Å². The smallest absolute Gasteiger partial charge is 0.131 e. The van der Waals surface area contributed by atoms with Gasteiger partial charge in [0.15, 0.2) is 0 Å². The molecule has 3 heteroatoms. The van der Waals surface area contributed by atoms with E-state index in [1.165, 1.54) is 11.3 Å². The van der Waals surface area contributed by atoms with Gasteiger partial charge in [0.25, 0.3) is 0 Å². The molecule has 108 valence electrons. The van der Waals surface area contributed by atoms with Crippen molar-refractivity contribution in [3.63, 3.8) is 0 Å². The Morgan fingerprint density at radius 3 is 2.62 bits per heavy atom. The third-order valence-corrected chi connectivity index (χ3v) is 4.73. The van der Waals surface area contributed by atoms with Crippen molar-refractivity contribution in [1.82, 2.24) is 5.32 Å². The number of anilines is 1. The van der Waals surface area contributed by atoms with Gasteiger partial charge in [0, 0.05) is 23.2 Å². The Labute approximate surface area is 124 Å². The first kappa shape index (κ1) is 12.8. The Hall–Kier alpha value is -1.87. The Morgan fingerprint density at radius 1 is 0.905 bits per heavy atom. The van der Waals surface area contributed by atoms with E-state index in [0.717, 1.165) is 31.5 Å². The van der Waals surface area contributed by atoms with Crippen molar-refractivity contribution in [3.8, 4) is 11.1 Å². The molecule has 0 aliphatic carbocycles. The van der Waals surface area contributed by atoms with Crippen LogP contribution in [0.25, 0.3) is 11.1 Å². The van der Waals surface area contributed by atoms with Crippen LogP contribution >= 0.6 is 0 Å². The van der Waals surface area contributed by atoms with Gasteiger partial charge < -0.3 is 10.6 Å². The summed E-state index contributed by atoms with van der Waals surface area (Å²) in [5.74, 6) is 0.340. The van der Waals surface area contributed by atoms with E-state index in [0.29, 0.717) is 17.5 Å². The molecule has 2 nitrogen and oxygen atoms in total. The lowest BCUT2D eigenvalue weighted by Crippen LogP contribution is -2.21. The number of halogens is 1. The lowest BCUT2D eigenvalue weighted by atomic mass is 9.86. The summed E-state index contributed by atoms with van der Waals surface area (Å²) in [6, 6.07) is 13.8. The summed E-state index contributed by atoms with van der Waals surface area (Å²) >= 11 is 0. The number of benzene rings is 2. The first-order valence-corrected chi connectivity index (χ1v) is 7.69. The Bertz CT molecular complexity index is 668. The number of nitrogens with one attached hydrogen (secondary N) is 2. The van der Waals surface area contributed by atoms with E-state index in [-0.39, 0.29) is 5.82 Å². The Balaban J connectivity index is 1.85. The van der Waals surface area contributed by atoms with Gasteiger partial charge in [-0.1, -0.05) is 30.3 Å². The molecular formula is C18H19FN2. The van der Waals surface area contributed by atoms with Gasteiger partial charge in [0.05, 0.1) is 0 Å². The molecule has 2 N–H and O–H groups in total. The molecule has 0 aromatic heterocycles. The zero-order valence-corrected chi connectivity index (χ0v) is 11.9. The van der Waals surface area contributed by atoms with E-state index < -0.39 is 0 Å². The molecule has 2 atom stereocenters. The van der Waals surface area contributed by atoms with Crippen molar-refractivity contribution < 1.29 is 4.39 Å². The molecular weight excluding hydrogens is 263 g/mol. The van der Waals surface area contributed by atoms with Gasteiger partial charge in [-0.2, -0.15) is 0 Å². The summed E-state index contributed by atoms with van der Waals surface area (Å²) in [5.41, 5.74) is 4.26. The summed E-state index contributed by atoms with van der Waals surface area (Å²) in [6.07, 6.45) is 2.23. The number of fused-ring (bicyclic) bond motifs is 3. The minimum Gasteiger partial charge on any atom is -0.381 e. The monoisotopic (exact) mass is 282 g/mol. The fourth-order valence-electron chi connectivity index (χ4n) is 3.77. The highest BCUT2D eigenvalue weighted by Gasteiger charge is 2.34. The third-order valence-electron chi connectivity index (χ3n) is 4.73. The first-order valence-electron chi connectivity index (χ1n) is 7.69. The molecule has 2 aromatic rings. The van der Waals surface area contributed by atoms with Crippen LogP contribution in [0.5, 0.6) is 0 Å². The number of hydrogen-bond acceptors (Lipinski definition) is 2. The van der Waals surface area contributed by atoms with Crippen molar-refractivity contribution in [1.29, 1.82) is 0 Å². The van der Waals surface area contributed by atoms with Gasteiger partial charge in [-0.05, 0) is 49.2 Å². The van der Waals surface area contributed by atoms with E-state index in [9.17, 15) is 4.39 Å². The molecule has 0 radical (unpaired) electrons. The molecule has 0 spiro atoms. The SMILES string of the molecule is Fc1ccccc1-c1cccc2c1C1CCNCC[C@H]1N2. The molecule has 21 heavy (non-hydrogen) atoms. The number of rotatable bonds is 1. The third kappa shape index (κ3) is 2.12. The van der Waals surface area contributed by atoms with Gasteiger partial charge in [0.1, 0.15) is 5.82 Å². The average Bonchev–Trinajstić information content (AvgIpc) is 2.70. The molecule has 0 amide bonds. The quantitative estimate of drug-likeness (QED) is 0.832. The molecule has 1 saturated heterocycles. The van der Waals surface area contributed by atoms with Crippen molar-refractivity contribution in [2.24, 2.45) is 0 Å². The topological polar surface area (TPSA) is 24.1 Å². The molecule has 2 aliphatic heterocycles. The predicted octanol–water partition coefficient (Wildman–Crippen LogP) is 3.75. The van der Waals surface area contributed by atoms with E-state index in [4.69, 9.17) is 0 Å². The Kier molecular flexibility index (Phi) is 3.15. The van der Waals surface area contributed by atoms with Gasteiger partial charge >= 0.3 is 0 Å². The van der Waals surface area contributed by atoms with Crippen LogP contribution in [0.2, 0.25) is 0 Å². The number of hydrogen-bond donors (Lipinski definition) is 2. The van der Waals surface area contributed by atoms with Crippen molar-refractivity contribution >= 4 is 5.69 Å². The lowest BCUT2D eigenvalue weighted by molar-refractivity contribution is 0.578. The van der Waals surface area contributed by atoms with Crippen molar-refractivity contribution in [3.05, 3.63) is 53.8 Å². The minimum atomic E-state index is -0.138. The molecule has 1 unspecified atom stereocenters. The van der Waals surface area contributed by atoms with Crippen LogP contribution in [-0.2, 0) is 0 Å². The van der Waals surface area contributed by atoms with E-state index >= 15 is 0 Å². The highest BCUT2D eigenvalue weighted by molar-refractivity contribution is 5.78. The summed E-state index contributed by atoms with van der Waals surface area (Å²) in [7, 11) is 0. The van der Waals surface area contributed by atoms with E-state index in [1.54, 1.807) is 12.1 Å². The zero-order valence-electron chi connectivity index (χ0n) is 11.9. The molecule has 4 rings (SSSR count). The largest absolute Gasteiger partial charge is 0.381 e. The zero-order chi connectivity index (χ0) is 14.2. The second-order valence-electron chi connectivity index (χ2n) is 5.93. The Morgan fingerprint density at radius 2 is 1.71 bits per heavy atom. The normalized spacial score (nSPS) is 23.9. The van der Waals surface area contributed by atoms with Crippen LogP contribution < -0.4 is 10.6 Å². The summed E-state index contributed by atoms with van der Waals surface area (Å²) < 4.78 is 14.2. The summed E-state index contributed by atoms with van der Waals surface area (Å²) in [6.45, 7) is 2.09. The fourth-order valence-corrected chi connectivity index (χ4v) is 3.77. The standard InChI is InChI=1S/C18H19FN2/c19-15-6-2-1-4-12(15)13-5-3-7-17-18(13)14-8-10-20-11-9-16(14)21-17/h1-7,14,16,20-21H,8-11H2/t14?,16-/m1/s1. The van der Waals surface area contributed by atoms with E-state index in [2.05, 4.69) is 22.8 Å². The van der Waals surface area contributed by atoms with E-state index in [1.807, 2.05) is 18.2 Å². The van der Waals surface area contributed by atoms with Gasteiger partial charge in [-0.25, -0.2) is 4.39 Å². The summed E-state index contributed by atoms with van der Waals surface area (Å²) in [5, 5.41) is 7.11. The maximum Gasteiger partial charge on any atom is 0.131 e. The second kappa shape index (κ2) is 5.15. The van der Waals surface area contributed by atoms with Gasteiger partial charge in [0.2, 0.25) is 0 Å². The molecule has 2 heterocycles. The molecule has 1 fully saturated rings. The highest BCUT2D eigenvalue weighted by Crippen LogP contribution is 2.45. The van der Waals surface area contributed by atoms with Gasteiger partial charge in [-0.15, -0.1) is 0 Å². The molecule has 0 bridgehead atoms. The minimum absolute atomic E-state index is 0.138. The summed E-state index contributed by atoms with van der Waals surface area (Å²) in [4.78, 5) is 0. The molecule has 2 aliphatic rings. The fraction of sp³-hybridized carbons (Fsp3) is 0.333. The van der Waals surface area contributed by atoms with Crippen LogP contribution in [0, 0.1) is 5.82 Å². The predicted molar refractivity (Wildman–Crippen MR) is 84.1 cm³/mol.